The Balaban J connectivity index is 1.71. The van der Waals surface area contributed by atoms with E-state index >= 15 is 0 Å². The lowest BCUT2D eigenvalue weighted by atomic mass is 10.0. The molecule has 170 valence electrons. The average Bonchev–Trinajstić information content (AvgIpc) is 3.33. The Hall–Kier alpha value is -1.84. The number of hydrogen-bond donors (Lipinski definition) is 4. The molecule has 3 amide bonds. The van der Waals surface area contributed by atoms with Gasteiger partial charge in [0, 0.05) is 29.3 Å². The molecule has 3 N–H and O–H groups in total. The van der Waals surface area contributed by atoms with Crippen LogP contribution in [0.3, 0.4) is 0 Å². The third-order valence-electron chi connectivity index (χ3n) is 5.57. The van der Waals surface area contributed by atoms with Gasteiger partial charge in [-0.1, -0.05) is 23.7 Å². The molecule has 1 aliphatic carbocycles. The number of alkyl halides is 1. The predicted octanol–water partition coefficient (Wildman–Crippen LogP) is 1.61. The van der Waals surface area contributed by atoms with Gasteiger partial charge in [-0.25, -0.2) is 4.39 Å². The van der Waals surface area contributed by atoms with Gasteiger partial charge in [0.1, 0.15) is 12.1 Å². The molecule has 31 heavy (non-hydrogen) atoms. The highest BCUT2D eigenvalue weighted by Crippen LogP contribution is 2.40. The number of aliphatic hydroxyl groups excluding tert-OH is 1. The van der Waals surface area contributed by atoms with Crippen LogP contribution in [0.2, 0.25) is 5.02 Å². The van der Waals surface area contributed by atoms with Crippen molar-refractivity contribution in [3.63, 3.8) is 0 Å². The SMILES string of the molecule is CC(C)(S)[C@H](NC(=O)C1(F)CC1)C(=O)N1CC(O)CC1C(=O)NCc1ccc(Cl)cc1. The van der Waals surface area contributed by atoms with Crippen LogP contribution >= 0.6 is 24.2 Å². The molecule has 3 rings (SSSR count). The van der Waals surface area contributed by atoms with Crippen LogP contribution in [0, 0.1) is 0 Å². The molecule has 1 aromatic carbocycles. The first-order valence-corrected chi connectivity index (χ1v) is 11.0. The van der Waals surface area contributed by atoms with Crippen molar-refractivity contribution in [3.8, 4) is 0 Å². The maximum absolute atomic E-state index is 14.2. The summed E-state index contributed by atoms with van der Waals surface area (Å²) in [7, 11) is 0. The van der Waals surface area contributed by atoms with Crippen molar-refractivity contribution in [1.82, 2.24) is 15.5 Å². The van der Waals surface area contributed by atoms with Crippen LogP contribution < -0.4 is 10.6 Å². The van der Waals surface area contributed by atoms with Crippen molar-refractivity contribution in [2.75, 3.05) is 6.54 Å². The zero-order valence-electron chi connectivity index (χ0n) is 17.4. The van der Waals surface area contributed by atoms with Gasteiger partial charge in [0.15, 0.2) is 5.67 Å². The number of carbonyl (C=O) groups is 3. The van der Waals surface area contributed by atoms with Crippen LogP contribution in [-0.4, -0.2) is 62.9 Å². The van der Waals surface area contributed by atoms with Crippen molar-refractivity contribution < 1.29 is 23.9 Å². The second-order valence-corrected chi connectivity index (χ2v) is 10.4. The van der Waals surface area contributed by atoms with E-state index in [1.165, 1.54) is 4.90 Å². The van der Waals surface area contributed by atoms with Gasteiger partial charge in [0.05, 0.1) is 6.10 Å². The summed E-state index contributed by atoms with van der Waals surface area (Å²) in [5.74, 6) is -1.86. The number of nitrogens with zero attached hydrogens (tertiary/aromatic N) is 1. The molecule has 1 aromatic rings. The van der Waals surface area contributed by atoms with Crippen LogP contribution in [0.15, 0.2) is 24.3 Å². The summed E-state index contributed by atoms with van der Waals surface area (Å²) >= 11 is 10.3. The number of hydrogen-bond acceptors (Lipinski definition) is 5. The Labute approximate surface area is 191 Å². The highest BCUT2D eigenvalue weighted by molar-refractivity contribution is 7.81. The Bertz CT molecular complexity index is 857. The minimum absolute atomic E-state index is 0.0607. The van der Waals surface area contributed by atoms with Gasteiger partial charge in [0.25, 0.3) is 5.91 Å². The molecule has 0 aromatic heterocycles. The molecular weight excluding hydrogens is 445 g/mol. The normalized spacial score (nSPS) is 23.2. The number of thiol groups is 1. The zero-order chi connectivity index (χ0) is 23.0. The van der Waals surface area contributed by atoms with Crippen LogP contribution in [0.4, 0.5) is 4.39 Å². The Morgan fingerprint density at radius 1 is 1.32 bits per heavy atom. The number of amides is 3. The maximum Gasteiger partial charge on any atom is 0.258 e. The van der Waals surface area contributed by atoms with Crippen molar-refractivity contribution in [2.45, 2.75) is 68.3 Å². The number of carbonyl (C=O) groups excluding carboxylic acids is 3. The van der Waals surface area contributed by atoms with Gasteiger partial charge >= 0.3 is 0 Å². The molecule has 0 radical (unpaired) electrons. The molecule has 2 aliphatic rings. The van der Waals surface area contributed by atoms with E-state index in [9.17, 15) is 23.9 Å². The molecule has 1 saturated heterocycles. The van der Waals surface area contributed by atoms with Crippen molar-refractivity contribution in [3.05, 3.63) is 34.9 Å². The van der Waals surface area contributed by atoms with Crippen LogP contribution in [0.5, 0.6) is 0 Å². The highest BCUT2D eigenvalue weighted by Gasteiger charge is 2.53. The molecule has 3 atom stereocenters. The van der Waals surface area contributed by atoms with E-state index in [-0.39, 0.29) is 32.4 Å². The second-order valence-electron chi connectivity index (χ2n) is 8.77. The highest BCUT2D eigenvalue weighted by atomic mass is 35.5. The third-order valence-corrected chi connectivity index (χ3v) is 6.08. The first-order valence-electron chi connectivity index (χ1n) is 10.1. The quantitative estimate of drug-likeness (QED) is 0.454. The Morgan fingerprint density at radius 2 is 1.94 bits per heavy atom. The van der Waals surface area contributed by atoms with Gasteiger partial charge in [0.2, 0.25) is 11.8 Å². The monoisotopic (exact) mass is 471 g/mol. The van der Waals surface area contributed by atoms with Crippen molar-refractivity contribution in [2.24, 2.45) is 0 Å². The lowest BCUT2D eigenvalue weighted by molar-refractivity contribution is -0.143. The average molecular weight is 472 g/mol. The topological polar surface area (TPSA) is 98.7 Å². The first kappa shape index (κ1) is 23.8. The fourth-order valence-corrected chi connectivity index (χ4v) is 3.82. The summed E-state index contributed by atoms with van der Waals surface area (Å²) in [5, 5.41) is 15.9. The lowest BCUT2D eigenvalue weighted by Gasteiger charge is -2.35. The molecule has 7 nitrogen and oxygen atoms in total. The zero-order valence-corrected chi connectivity index (χ0v) is 19.0. The van der Waals surface area contributed by atoms with Crippen LogP contribution in [0.25, 0.3) is 0 Å². The Morgan fingerprint density at radius 3 is 2.48 bits per heavy atom. The summed E-state index contributed by atoms with van der Waals surface area (Å²) in [6.07, 6.45) is -0.583. The van der Waals surface area contributed by atoms with Crippen molar-refractivity contribution in [1.29, 1.82) is 0 Å². The van der Waals surface area contributed by atoms with Crippen LogP contribution in [0.1, 0.15) is 38.7 Å². The molecule has 0 spiro atoms. The Kier molecular flexibility index (Phi) is 6.88. The minimum atomic E-state index is -1.95. The number of aliphatic hydroxyl groups is 1. The second kappa shape index (κ2) is 8.96. The smallest absolute Gasteiger partial charge is 0.258 e. The number of halogens is 2. The van der Waals surface area contributed by atoms with E-state index in [1.807, 2.05) is 0 Å². The summed E-state index contributed by atoms with van der Waals surface area (Å²) < 4.78 is 13.1. The number of nitrogens with one attached hydrogen (secondary N) is 2. The molecule has 2 fully saturated rings. The van der Waals surface area contributed by atoms with Gasteiger partial charge in [-0.3, -0.25) is 14.4 Å². The molecular formula is C21H27ClFN3O4S. The summed E-state index contributed by atoms with van der Waals surface area (Å²) in [4.78, 5) is 39.6. The molecule has 1 saturated carbocycles. The third kappa shape index (κ3) is 5.70. The number of β-amino-alcohol motifs (C(OH)–C–C–N with tert-alkyl or cyclic N) is 1. The summed E-state index contributed by atoms with van der Waals surface area (Å²) in [5.41, 5.74) is -1.12. The van der Waals surface area contributed by atoms with Gasteiger partial charge < -0.3 is 20.6 Å². The van der Waals surface area contributed by atoms with Gasteiger partial charge in [-0.05, 0) is 44.4 Å². The molecule has 1 aliphatic heterocycles. The van der Waals surface area contributed by atoms with E-state index in [0.29, 0.717) is 5.02 Å². The van der Waals surface area contributed by atoms with E-state index in [0.717, 1.165) is 5.56 Å². The molecule has 10 heteroatoms. The van der Waals surface area contributed by atoms with Gasteiger partial charge in [-0.2, -0.15) is 12.6 Å². The number of benzene rings is 1. The predicted molar refractivity (Wildman–Crippen MR) is 117 cm³/mol. The number of rotatable bonds is 7. The van der Waals surface area contributed by atoms with Crippen molar-refractivity contribution >= 4 is 42.0 Å². The molecule has 1 heterocycles. The largest absolute Gasteiger partial charge is 0.391 e. The van der Waals surface area contributed by atoms with E-state index in [4.69, 9.17) is 11.6 Å². The van der Waals surface area contributed by atoms with E-state index in [2.05, 4.69) is 23.3 Å². The molecule has 2 unspecified atom stereocenters. The first-order chi connectivity index (χ1) is 14.4. The molecule has 0 bridgehead atoms. The summed E-state index contributed by atoms with van der Waals surface area (Å²) in [6, 6.07) is 4.89. The van der Waals surface area contributed by atoms with Gasteiger partial charge in [-0.15, -0.1) is 0 Å². The standard InChI is InChI=1S/C21H27ClFN3O4S/c1-20(2,31)16(25-19(30)21(23)7-8-21)18(29)26-11-14(27)9-15(26)17(28)24-10-12-3-5-13(22)6-4-12/h3-6,14-16,27,31H,7-11H2,1-2H3,(H,24,28)(H,25,30)/t14?,15?,16-/m1/s1. The van der Waals surface area contributed by atoms with E-state index in [1.54, 1.807) is 38.1 Å². The number of likely N-dealkylation sites (tertiary alicyclic amines) is 1. The lowest BCUT2D eigenvalue weighted by Crippen LogP contribution is -2.60. The van der Waals surface area contributed by atoms with E-state index < -0.39 is 46.3 Å². The minimum Gasteiger partial charge on any atom is -0.391 e. The maximum atomic E-state index is 14.2. The fourth-order valence-electron chi connectivity index (χ4n) is 3.52. The van der Waals surface area contributed by atoms with Crippen LogP contribution in [-0.2, 0) is 20.9 Å². The fraction of sp³-hybridized carbons (Fsp3) is 0.571. The summed E-state index contributed by atoms with van der Waals surface area (Å²) in [6.45, 7) is 3.42.